The topological polar surface area (TPSA) is 69.6 Å². The third kappa shape index (κ3) is 2.32. The fraction of sp³-hybridized carbons (Fsp3) is 0.250. The predicted octanol–water partition coefficient (Wildman–Crippen LogP) is -0.947. The molecule has 0 radical (unpaired) electrons. The summed E-state index contributed by atoms with van der Waals surface area (Å²) >= 11 is 0. The highest BCUT2D eigenvalue weighted by molar-refractivity contribution is 5.92. The molecule has 0 aromatic carbocycles. The number of hydrogen-bond acceptors (Lipinski definition) is 2. The predicted molar refractivity (Wildman–Crippen MR) is 44.3 cm³/mol. The first-order valence-corrected chi connectivity index (χ1v) is 3.83. The smallest absolute Gasteiger partial charge is 0.270 e. The van der Waals surface area contributed by atoms with E-state index in [2.05, 4.69) is 16.0 Å². The molecule has 1 aromatic heterocycles. The van der Waals surface area contributed by atoms with Gasteiger partial charge in [0, 0.05) is 6.20 Å². The van der Waals surface area contributed by atoms with Crippen LogP contribution in [0.2, 0.25) is 0 Å². The van der Waals surface area contributed by atoms with E-state index in [9.17, 15) is 4.79 Å². The Morgan fingerprint density at radius 3 is 3.00 bits per heavy atom. The molecule has 1 aromatic rings. The Kier molecular flexibility index (Phi) is 3.22. The molecule has 0 saturated carbocycles. The van der Waals surface area contributed by atoms with Crippen molar-refractivity contribution in [1.82, 2.24) is 10.3 Å². The molecule has 0 aliphatic carbocycles. The Balaban J connectivity index is 2.54. The highest BCUT2D eigenvalue weighted by Gasteiger charge is 2.03. The molecule has 0 aliphatic heterocycles. The molecule has 0 spiro atoms. The normalized spacial score (nSPS) is 9.42. The van der Waals surface area contributed by atoms with E-state index in [-0.39, 0.29) is 5.91 Å². The third-order valence-corrected chi connectivity index (χ3v) is 1.36. The number of pyridine rings is 1. The van der Waals surface area contributed by atoms with Crippen molar-refractivity contribution in [3.05, 3.63) is 30.1 Å². The summed E-state index contributed by atoms with van der Waals surface area (Å²) in [5.74, 6) is -0.140. The van der Waals surface area contributed by atoms with Crippen molar-refractivity contribution in [2.24, 2.45) is 0 Å². The van der Waals surface area contributed by atoms with Crippen molar-refractivity contribution >= 4 is 5.91 Å². The molecule has 0 atom stereocenters. The minimum atomic E-state index is -0.140. The van der Waals surface area contributed by atoms with Crippen molar-refractivity contribution < 1.29 is 10.5 Å². The third-order valence-electron chi connectivity index (χ3n) is 1.36. The van der Waals surface area contributed by atoms with E-state index in [0.717, 1.165) is 0 Å². The monoisotopic (exact) mass is 166 g/mol. The van der Waals surface area contributed by atoms with Gasteiger partial charge in [-0.2, -0.15) is 0 Å². The van der Waals surface area contributed by atoms with Gasteiger partial charge in [-0.15, -0.1) is 0 Å². The maximum atomic E-state index is 11.2. The molecule has 0 unspecified atom stereocenters. The number of carbonyl (C=O) groups is 1. The zero-order valence-electron chi connectivity index (χ0n) is 6.79. The maximum Gasteiger partial charge on any atom is 0.270 e. The van der Waals surface area contributed by atoms with E-state index in [0.29, 0.717) is 18.8 Å². The SMILES string of the molecule is [NH3+]CCNC(=O)c1ccccn1. The molecular formula is C8H12N3O+. The van der Waals surface area contributed by atoms with Gasteiger partial charge < -0.3 is 11.1 Å². The molecule has 0 fully saturated rings. The highest BCUT2D eigenvalue weighted by atomic mass is 16.1. The molecule has 64 valence electrons. The van der Waals surface area contributed by atoms with E-state index in [1.807, 2.05) is 0 Å². The van der Waals surface area contributed by atoms with Crippen LogP contribution >= 0.6 is 0 Å². The molecule has 4 nitrogen and oxygen atoms in total. The van der Waals surface area contributed by atoms with Crippen LogP contribution in [0, 0.1) is 0 Å². The van der Waals surface area contributed by atoms with E-state index < -0.39 is 0 Å². The van der Waals surface area contributed by atoms with Crippen LogP contribution in [-0.4, -0.2) is 24.0 Å². The Morgan fingerprint density at radius 2 is 2.42 bits per heavy atom. The summed E-state index contributed by atoms with van der Waals surface area (Å²) in [5, 5.41) is 2.68. The van der Waals surface area contributed by atoms with Gasteiger partial charge >= 0.3 is 0 Å². The van der Waals surface area contributed by atoms with E-state index in [1.165, 1.54) is 0 Å². The van der Waals surface area contributed by atoms with Crippen molar-refractivity contribution in [3.63, 3.8) is 0 Å². The lowest BCUT2D eigenvalue weighted by Crippen LogP contribution is -2.54. The number of carbonyl (C=O) groups excluding carboxylic acids is 1. The minimum Gasteiger partial charge on any atom is -0.356 e. The van der Waals surface area contributed by atoms with Gasteiger partial charge in [0.05, 0.1) is 13.1 Å². The fourth-order valence-corrected chi connectivity index (χ4v) is 0.790. The van der Waals surface area contributed by atoms with Gasteiger partial charge in [-0.25, -0.2) is 0 Å². The number of rotatable bonds is 3. The zero-order valence-corrected chi connectivity index (χ0v) is 6.79. The lowest BCUT2D eigenvalue weighted by molar-refractivity contribution is -0.364. The van der Waals surface area contributed by atoms with Crippen LogP contribution < -0.4 is 11.1 Å². The maximum absolute atomic E-state index is 11.2. The summed E-state index contributed by atoms with van der Waals surface area (Å²) in [5.41, 5.74) is 4.07. The zero-order chi connectivity index (χ0) is 8.81. The second-order valence-corrected chi connectivity index (χ2v) is 2.32. The van der Waals surface area contributed by atoms with Crippen molar-refractivity contribution in [2.45, 2.75) is 0 Å². The summed E-state index contributed by atoms with van der Waals surface area (Å²) in [4.78, 5) is 15.1. The standard InChI is InChI=1S/C8H11N3O/c9-4-6-11-8(12)7-3-1-2-5-10-7/h1-3,5H,4,6,9H2,(H,11,12)/p+1. The van der Waals surface area contributed by atoms with Crippen LogP contribution in [0.3, 0.4) is 0 Å². The summed E-state index contributed by atoms with van der Waals surface area (Å²) < 4.78 is 0. The van der Waals surface area contributed by atoms with Gasteiger partial charge in [-0.1, -0.05) is 6.07 Å². The van der Waals surface area contributed by atoms with Crippen LogP contribution in [0.15, 0.2) is 24.4 Å². The molecule has 12 heavy (non-hydrogen) atoms. The second-order valence-electron chi connectivity index (χ2n) is 2.32. The first-order valence-electron chi connectivity index (χ1n) is 3.83. The quantitative estimate of drug-likeness (QED) is 0.608. The molecule has 1 amide bonds. The largest absolute Gasteiger partial charge is 0.356 e. The number of quaternary nitrogens is 1. The van der Waals surface area contributed by atoms with Crippen LogP contribution in [-0.2, 0) is 0 Å². The van der Waals surface area contributed by atoms with Crippen LogP contribution in [0.4, 0.5) is 0 Å². The highest BCUT2D eigenvalue weighted by Crippen LogP contribution is 1.91. The Hall–Kier alpha value is -1.42. The summed E-state index contributed by atoms with van der Waals surface area (Å²) in [6, 6.07) is 5.24. The lowest BCUT2D eigenvalue weighted by Gasteiger charge is -1.99. The first-order chi connectivity index (χ1) is 5.84. The fourth-order valence-electron chi connectivity index (χ4n) is 0.790. The molecule has 1 rings (SSSR count). The van der Waals surface area contributed by atoms with E-state index in [1.54, 1.807) is 24.4 Å². The summed E-state index contributed by atoms with van der Waals surface area (Å²) in [6.07, 6.45) is 1.60. The van der Waals surface area contributed by atoms with Crippen molar-refractivity contribution in [3.8, 4) is 0 Å². The minimum absolute atomic E-state index is 0.140. The van der Waals surface area contributed by atoms with Gasteiger partial charge in [-0.3, -0.25) is 9.78 Å². The first kappa shape index (κ1) is 8.67. The molecule has 4 N–H and O–H groups in total. The van der Waals surface area contributed by atoms with E-state index in [4.69, 9.17) is 0 Å². The van der Waals surface area contributed by atoms with Gasteiger partial charge in [0.25, 0.3) is 5.91 Å². The number of nitrogens with zero attached hydrogens (tertiary/aromatic N) is 1. The second kappa shape index (κ2) is 4.46. The Bertz CT molecular complexity index is 248. The van der Waals surface area contributed by atoms with Crippen LogP contribution in [0.1, 0.15) is 10.5 Å². The summed E-state index contributed by atoms with van der Waals surface area (Å²) in [7, 11) is 0. The van der Waals surface area contributed by atoms with Gasteiger partial charge in [0.15, 0.2) is 0 Å². The molecule has 0 aliphatic rings. The Labute approximate surface area is 70.8 Å². The number of amides is 1. The average molecular weight is 166 g/mol. The van der Waals surface area contributed by atoms with E-state index >= 15 is 0 Å². The molecular weight excluding hydrogens is 154 g/mol. The number of aromatic nitrogens is 1. The number of hydrogen-bond donors (Lipinski definition) is 2. The number of nitrogens with one attached hydrogen (secondary N) is 1. The van der Waals surface area contributed by atoms with Crippen molar-refractivity contribution in [1.29, 1.82) is 0 Å². The van der Waals surface area contributed by atoms with Gasteiger partial charge in [0.2, 0.25) is 0 Å². The van der Waals surface area contributed by atoms with Gasteiger partial charge in [-0.05, 0) is 12.1 Å². The average Bonchev–Trinajstić information content (AvgIpc) is 2.15. The molecule has 0 saturated heterocycles. The molecule has 1 heterocycles. The Morgan fingerprint density at radius 1 is 1.58 bits per heavy atom. The molecule has 4 heteroatoms. The summed E-state index contributed by atoms with van der Waals surface area (Å²) in [6.45, 7) is 1.29. The van der Waals surface area contributed by atoms with Crippen molar-refractivity contribution in [2.75, 3.05) is 13.1 Å². The van der Waals surface area contributed by atoms with Crippen LogP contribution in [0.5, 0.6) is 0 Å². The van der Waals surface area contributed by atoms with Gasteiger partial charge in [0.1, 0.15) is 5.69 Å². The molecule has 0 bridgehead atoms. The lowest BCUT2D eigenvalue weighted by atomic mass is 10.3. The van der Waals surface area contributed by atoms with Crippen LogP contribution in [0.25, 0.3) is 0 Å².